The fourth-order valence-electron chi connectivity index (χ4n) is 1.57. The summed E-state index contributed by atoms with van der Waals surface area (Å²) in [5.74, 6) is 0. The zero-order valence-corrected chi connectivity index (χ0v) is 13.0. The minimum atomic E-state index is 0. The van der Waals surface area contributed by atoms with Crippen molar-refractivity contribution >= 4 is 25.0 Å². The van der Waals surface area contributed by atoms with Crippen molar-refractivity contribution in [2.75, 3.05) is 26.2 Å². The Bertz CT molecular complexity index is 298. The molecule has 0 heterocycles. The van der Waals surface area contributed by atoms with Crippen LogP contribution in [0.25, 0.3) is 0 Å². The average Bonchev–Trinajstić information content (AvgIpc) is 2.28. The zero-order valence-electron chi connectivity index (χ0n) is 11.3. The lowest BCUT2D eigenvalue weighted by molar-refractivity contribution is 0.565. The number of hydrogen-bond acceptors (Lipinski definition) is 3. The lowest BCUT2D eigenvalue weighted by atomic mass is 10.1. The van der Waals surface area contributed by atoms with Gasteiger partial charge in [-0.25, -0.2) is 0 Å². The second-order valence-electron chi connectivity index (χ2n) is 4.97. The molecule has 0 amide bonds. The molecule has 0 saturated carbocycles. The molecule has 104 valence electrons. The quantitative estimate of drug-likeness (QED) is 0.506. The van der Waals surface area contributed by atoms with E-state index in [4.69, 9.17) is 0 Å². The van der Waals surface area contributed by atoms with Gasteiger partial charge in [0.25, 0.3) is 0 Å². The summed E-state index contributed by atoms with van der Waals surface area (Å²) in [4.78, 5) is 0. The van der Waals surface area contributed by atoms with Crippen LogP contribution in [0, 0.1) is 0 Å². The van der Waals surface area contributed by atoms with E-state index in [2.05, 4.69) is 67.4 Å². The van der Waals surface area contributed by atoms with Crippen molar-refractivity contribution in [2.45, 2.75) is 25.0 Å². The summed E-state index contributed by atoms with van der Waals surface area (Å²) in [6.07, 6.45) is 1.10. The molecule has 0 fully saturated rings. The molecule has 4 heteroatoms. The summed E-state index contributed by atoms with van der Waals surface area (Å²) in [5.41, 5.74) is 1.39. The number of thiol groups is 1. The smallest absolute Gasteiger partial charge is 0.0198 e. The maximum atomic E-state index is 4.46. The summed E-state index contributed by atoms with van der Waals surface area (Å²) in [5, 5.41) is 6.82. The number of rotatable bonds is 8. The van der Waals surface area contributed by atoms with Gasteiger partial charge in [0, 0.05) is 24.4 Å². The minimum absolute atomic E-state index is 0. The van der Waals surface area contributed by atoms with E-state index < -0.39 is 0 Å². The molecule has 0 bridgehead atoms. The van der Waals surface area contributed by atoms with Crippen LogP contribution in [0.4, 0.5) is 0 Å². The highest BCUT2D eigenvalue weighted by atomic mass is 35.5. The second-order valence-corrected chi connectivity index (χ2v) is 6.19. The van der Waals surface area contributed by atoms with Crippen LogP contribution in [0.3, 0.4) is 0 Å². The van der Waals surface area contributed by atoms with Crippen molar-refractivity contribution in [3.63, 3.8) is 0 Å². The molecule has 0 unspecified atom stereocenters. The molecular formula is C14H25ClN2S. The maximum Gasteiger partial charge on any atom is 0.0198 e. The van der Waals surface area contributed by atoms with E-state index in [1.165, 1.54) is 5.56 Å². The third-order valence-electron chi connectivity index (χ3n) is 2.47. The van der Waals surface area contributed by atoms with Gasteiger partial charge in [-0.15, -0.1) is 12.4 Å². The van der Waals surface area contributed by atoms with Crippen LogP contribution >= 0.6 is 25.0 Å². The molecule has 0 radical (unpaired) electrons. The molecule has 2 nitrogen and oxygen atoms in total. The van der Waals surface area contributed by atoms with E-state index in [9.17, 15) is 0 Å². The van der Waals surface area contributed by atoms with Gasteiger partial charge in [-0.2, -0.15) is 12.6 Å². The molecule has 0 aromatic heterocycles. The van der Waals surface area contributed by atoms with Crippen LogP contribution in [-0.2, 0) is 6.42 Å². The molecule has 0 atom stereocenters. The monoisotopic (exact) mass is 288 g/mol. The van der Waals surface area contributed by atoms with Gasteiger partial charge in [0.05, 0.1) is 0 Å². The molecule has 0 saturated heterocycles. The Balaban J connectivity index is 0.00000289. The van der Waals surface area contributed by atoms with Crippen LogP contribution in [-0.4, -0.2) is 30.9 Å². The van der Waals surface area contributed by atoms with Gasteiger partial charge in [-0.3, -0.25) is 0 Å². The zero-order chi connectivity index (χ0) is 12.6. The van der Waals surface area contributed by atoms with Crippen LogP contribution < -0.4 is 10.6 Å². The predicted octanol–water partition coefficient (Wildman–Crippen LogP) is 2.54. The van der Waals surface area contributed by atoms with Crippen molar-refractivity contribution in [1.29, 1.82) is 0 Å². The number of benzene rings is 1. The average molecular weight is 289 g/mol. The van der Waals surface area contributed by atoms with Crippen LogP contribution in [0.2, 0.25) is 0 Å². The highest BCUT2D eigenvalue weighted by Crippen LogP contribution is 2.08. The van der Waals surface area contributed by atoms with Gasteiger partial charge >= 0.3 is 0 Å². The molecule has 0 aliphatic heterocycles. The first kappa shape index (κ1) is 17.8. The molecule has 1 rings (SSSR count). The summed E-state index contributed by atoms with van der Waals surface area (Å²) in [6.45, 7) is 8.22. The van der Waals surface area contributed by atoms with Crippen LogP contribution in [0.15, 0.2) is 30.3 Å². The minimum Gasteiger partial charge on any atom is -0.315 e. The van der Waals surface area contributed by atoms with E-state index in [1.807, 2.05) is 0 Å². The normalized spacial score (nSPS) is 11.1. The molecule has 1 aromatic rings. The van der Waals surface area contributed by atoms with Crippen molar-refractivity contribution in [2.24, 2.45) is 0 Å². The Labute approximate surface area is 123 Å². The Morgan fingerprint density at radius 3 is 2.22 bits per heavy atom. The van der Waals surface area contributed by atoms with Gasteiger partial charge in [0.1, 0.15) is 0 Å². The van der Waals surface area contributed by atoms with Crippen LogP contribution in [0.5, 0.6) is 0 Å². The van der Waals surface area contributed by atoms with Gasteiger partial charge in [0.15, 0.2) is 0 Å². The third-order valence-corrected chi connectivity index (χ3v) is 2.63. The summed E-state index contributed by atoms with van der Waals surface area (Å²) < 4.78 is 0.0735. The lowest BCUT2D eigenvalue weighted by Gasteiger charge is -2.17. The highest BCUT2D eigenvalue weighted by Gasteiger charge is 2.09. The van der Waals surface area contributed by atoms with Crippen molar-refractivity contribution in [1.82, 2.24) is 10.6 Å². The van der Waals surface area contributed by atoms with E-state index in [0.717, 1.165) is 32.6 Å². The molecule has 0 aliphatic carbocycles. The first-order chi connectivity index (χ1) is 8.08. The SMILES string of the molecule is CC(C)(S)CNCCNCCc1ccccc1.Cl. The summed E-state index contributed by atoms with van der Waals surface area (Å²) in [7, 11) is 0. The Hall–Kier alpha value is -0.220. The van der Waals surface area contributed by atoms with Gasteiger partial charge < -0.3 is 10.6 Å². The van der Waals surface area contributed by atoms with Crippen molar-refractivity contribution in [3.8, 4) is 0 Å². The molecule has 0 spiro atoms. The Kier molecular flexibility index (Phi) is 9.56. The lowest BCUT2D eigenvalue weighted by Crippen LogP contribution is -2.35. The topological polar surface area (TPSA) is 24.1 Å². The highest BCUT2D eigenvalue weighted by molar-refractivity contribution is 7.81. The molecule has 2 N–H and O–H groups in total. The summed E-state index contributed by atoms with van der Waals surface area (Å²) >= 11 is 4.46. The first-order valence-corrected chi connectivity index (χ1v) is 6.70. The number of hydrogen-bond donors (Lipinski definition) is 3. The largest absolute Gasteiger partial charge is 0.315 e. The predicted molar refractivity (Wildman–Crippen MR) is 86.2 cm³/mol. The first-order valence-electron chi connectivity index (χ1n) is 6.26. The number of nitrogens with one attached hydrogen (secondary N) is 2. The molecule has 1 aromatic carbocycles. The van der Waals surface area contributed by atoms with Gasteiger partial charge in [0.2, 0.25) is 0 Å². The van der Waals surface area contributed by atoms with E-state index in [1.54, 1.807) is 0 Å². The fourth-order valence-corrected chi connectivity index (χ4v) is 1.69. The Morgan fingerprint density at radius 2 is 1.61 bits per heavy atom. The van der Waals surface area contributed by atoms with Gasteiger partial charge in [-0.1, -0.05) is 30.3 Å². The van der Waals surface area contributed by atoms with E-state index >= 15 is 0 Å². The van der Waals surface area contributed by atoms with Gasteiger partial charge in [-0.05, 0) is 32.4 Å². The van der Waals surface area contributed by atoms with Crippen molar-refractivity contribution < 1.29 is 0 Å². The standard InChI is InChI=1S/C14H24N2S.ClH/c1-14(2,17)12-16-11-10-15-9-8-13-6-4-3-5-7-13;/h3-7,15-17H,8-12H2,1-2H3;1H. The maximum absolute atomic E-state index is 4.46. The van der Waals surface area contributed by atoms with E-state index in [-0.39, 0.29) is 17.2 Å². The third kappa shape index (κ3) is 9.77. The molecular weight excluding hydrogens is 264 g/mol. The van der Waals surface area contributed by atoms with Crippen molar-refractivity contribution in [3.05, 3.63) is 35.9 Å². The van der Waals surface area contributed by atoms with Crippen LogP contribution in [0.1, 0.15) is 19.4 Å². The fraction of sp³-hybridized carbons (Fsp3) is 0.571. The summed E-state index contributed by atoms with van der Waals surface area (Å²) in [6, 6.07) is 10.6. The van der Waals surface area contributed by atoms with E-state index in [0.29, 0.717) is 0 Å². The number of halogens is 1. The molecule has 18 heavy (non-hydrogen) atoms. The molecule has 0 aliphatic rings. The Morgan fingerprint density at radius 1 is 1.00 bits per heavy atom. The second kappa shape index (κ2) is 9.68.